The molecule has 30 heavy (non-hydrogen) atoms. The molecule has 0 unspecified atom stereocenters. The Morgan fingerprint density at radius 3 is 2.53 bits per heavy atom. The summed E-state index contributed by atoms with van der Waals surface area (Å²) in [6.45, 7) is 2.12. The Kier molecular flexibility index (Phi) is 5.77. The predicted molar refractivity (Wildman–Crippen MR) is 125 cm³/mol. The van der Waals surface area contributed by atoms with Gasteiger partial charge in [0.25, 0.3) is 0 Å². The van der Waals surface area contributed by atoms with Gasteiger partial charge in [-0.3, -0.25) is 0 Å². The van der Waals surface area contributed by atoms with E-state index in [2.05, 4.69) is 45.0 Å². The van der Waals surface area contributed by atoms with Crippen LogP contribution in [0.5, 0.6) is 11.5 Å². The number of halogens is 1. The summed E-state index contributed by atoms with van der Waals surface area (Å²) in [5.74, 6) is 0.426. The van der Waals surface area contributed by atoms with Crippen molar-refractivity contribution in [3.63, 3.8) is 0 Å². The second-order valence-electron chi connectivity index (χ2n) is 6.88. The SMILES string of the molecule is CCc1c(-c2nc(-c3ccc(O)c(O)c3)c(-c3ccccc3)[nH]2)c[nH]c1/C=C\CBr. The number of nitrogens with one attached hydrogen (secondary N) is 2. The summed E-state index contributed by atoms with van der Waals surface area (Å²) in [4.78, 5) is 11.7. The summed E-state index contributed by atoms with van der Waals surface area (Å²) in [5.41, 5.74) is 6.54. The molecule has 0 radical (unpaired) electrons. The summed E-state index contributed by atoms with van der Waals surface area (Å²) < 4.78 is 0. The van der Waals surface area contributed by atoms with Crippen LogP contribution in [0.1, 0.15) is 18.2 Å². The zero-order chi connectivity index (χ0) is 21.1. The van der Waals surface area contributed by atoms with E-state index in [0.717, 1.165) is 45.7 Å². The molecule has 2 aromatic heterocycles. The number of hydrogen-bond acceptors (Lipinski definition) is 3. The largest absolute Gasteiger partial charge is 0.504 e. The van der Waals surface area contributed by atoms with Gasteiger partial charge in [0.1, 0.15) is 5.82 Å². The average molecular weight is 464 g/mol. The molecule has 152 valence electrons. The van der Waals surface area contributed by atoms with Gasteiger partial charge in [-0.1, -0.05) is 59.3 Å². The predicted octanol–water partition coefficient (Wildman–Crippen LogP) is 6.12. The molecule has 0 fully saturated rings. The molecule has 2 heterocycles. The van der Waals surface area contributed by atoms with Crippen molar-refractivity contribution in [2.24, 2.45) is 0 Å². The maximum atomic E-state index is 10.0. The first-order valence-corrected chi connectivity index (χ1v) is 10.9. The normalized spacial score (nSPS) is 11.4. The fourth-order valence-electron chi connectivity index (χ4n) is 3.57. The number of benzene rings is 2. The number of alkyl halides is 1. The molecule has 0 aliphatic carbocycles. The number of H-pyrrole nitrogens is 2. The Morgan fingerprint density at radius 2 is 1.83 bits per heavy atom. The number of aromatic nitrogens is 3. The van der Waals surface area contributed by atoms with E-state index in [1.165, 1.54) is 17.7 Å². The number of nitrogens with zero attached hydrogens (tertiary/aromatic N) is 1. The summed E-state index contributed by atoms with van der Waals surface area (Å²) >= 11 is 3.42. The van der Waals surface area contributed by atoms with Crippen molar-refractivity contribution in [2.75, 3.05) is 5.33 Å². The summed E-state index contributed by atoms with van der Waals surface area (Å²) in [6.07, 6.45) is 6.95. The Morgan fingerprint density at radius 1 is 1.03 bits per heavy atom. The first-order chi connectivity index (χ1) is 14.6. The second kappa shape index (κ2) is 8.63. The molecule has 0 bridgehead atoms. The van der Waals surface area contributed by atoms with E-state index >= 15 is 0 Å². The van der Waals surface area contributed by atoms with Crippen LogP contribution in [0.25, 0.3) is 40.0 Å². The minimum atomic E-state index is -0.172. The van der Waals surface area contributed by atoms with Gasteiger partial charge in [-0.25, -0.2) is 4.98 Å². The molecule has 0 saturated heterocycles. The van der Waals surface area contributed by atoms with Crippen molar-refractivity contribution in [3.8, 4) is 45.4 Å². The maximum Gasteiger partial charge on any atom is 0.158 e. The molecule has 0 saturated carbocycles. The van der Waals surface area contributed by atoms with E-state index in [-0.39, 0.29) is 11.5 Å². The molecule has 4 N–H and O–H groups in total. The molecular formula is C24H22BrN3O2. The Hall–Kier alpha value is -3.25. The average Bonchev–Trinajstić information content (AvgIpc) is 3.38. The van der Waals surface area contributed by atoms with Gasteiger partial charge in [0.15, 0.2) is 11.5 Å². The lowest BCUT2D eigenvalue weighted by Gasteiger charge is -2.04. The van der Waals surface area contributed by atoms with Gasteiger partial charge in [-0.05, 0) is 36.3 Å². The minimum absolute atomic E-state index is 0.155. The van der Waals surface area contributed by atoms with Crippen molar-refractivity contribution in [2.45, 2.75) is 13.3 Å². The zero-order valence-electron chi connectivity index (χ0n) is 16.5. The van der Waals surface area contributed by atoms with Crippen molar-refractivity contribution in [1.29, 1.82) is 0 Å². The van der Waals surface area contributed by atoms with E-state index in [4.69, 9.17) is 4.98 Å². The van der Waals surface area contributed by atoms with Crippen LogP contribution in [-0.2, 0) is 6.42 Å². The molecule has 0 amide bonds. The van der Waals surface area contributed by atoms with Crippen LogP contribution in [0, 0.1) is 0 Å². The quantitative estimate of drug-likeness (QED) is 0.205. The number of rotatable bonds is 6. The van der Waals surface area contributed by atoms with E-state index < -0.39 is 0 Å². The smallest absolute Gasteiger partial charge is 0.158 e. The number of phenolic OH excluding ortho intramolecular Hbond substituents is 2. The molecule has 0 aliphatic heterocycles. The monoisotopic (exact) mass is 463 g/mol. The molecule has 0 spiro atoms. The lowest BCUT2D eigenvalue weighted by Crippen LogP contribution is -1.87. The standard InChI is InChI=1S/C24H22BrN3O2/c1-2-17-18(14-26-19(17)9-6-12-25)24-27-22(15-7-4-3-5-8-15)23(28-24)16-10-11-20(29)21(30)13-16/h3-11,13-14,26,29-30H,2,12H2,1H3,(H,27,28)/b9-6-. The lowest BCUT2D eigenvalue weighted by atomic mass is 10.0. The van der Waals surface area contributed by atoms with Crippen molar-refractivity contribution in [3.05, 3.63) is 72.1 Å². The highest BCUT2D eigenvalue weighted by atomic mass is 79.9. The lowest BCUT2D eigenvalue weighted by molar-refractivity contribution is 0.404. The molecule has 4 aromatic rings. The van der Waals surface area contributed by atoms with Gasteiger partial charge >= 0.3 is 0 Å². The topological polar surface area (TPSA) is 84.9 Å². The third-order valence-corrected chi connectivity index (χ3v) is 5.39. The fourth-order valence-corrected chi connectivity index (χ4v) is 3.75. The Bertz CT molecular complexity index is 1190. The van der Waals surface area contributed by atoms with E-state index in [0.29, 0.717) is 5.69 Å². The highest BCUT2D eigenvalue weighted by molar-refractivity contribution is 9.09. The number of imidazole rings is 1. The van der Waals surface area contributed by atoms with E-state index in [1.807, 2.05) is 36.5 Å². The van der Waals surface area contributed by atoms with E-state index in [1.54, 1.807) is 6.07 Å². The summed E-state index contributed by atoms with van der Waals surface area (Å²) in [7, 11) is 0. The van der Waals surface area contributed by atoms with Gasteiger partial charge in [-0.2, -0.15) is 0 Å². The minimum Gasteiger partial charge on any atom is -0.504 e. The third-order valence-electron chi connectivity index (χ3n) is 5.02. The number of phenols is 2. The van der Waals surface area contributed by atoms with Gasteiger partial charge < -0.3 is 20.2 Å². The molecule has 4 rings (SSSR count). The second-order valence-corrected chi connectivity index (χ2v) is 7.53. The van der Waals surface area contributed by atoms with Gasteiger partial charge in [-0.15, -0.1) is 0 Å². The Labute approximate surface area is 183 Å². The molecule has 2 aromatic carbocycles. The van der Waals surface area contributed by atoms with Gasteiger partial charge in [0.05, 0.1) is 11.4 Å². The number of aromatic hydroxyl groups is 2. The van der Waals surface area contributed by atoms with Crippen LogP contribution in [0.2, 0.25) is 0 Å². The van der Waals surface area contributed by atoms with Crippen LogP contribution in [0.15, 0.2) is 60.8 Å². The van der Waals surface area contributed by atoms with E-state index in [9.17, 15) is 10.2 Å². The highest BCUT2D eigenvalue weighted by Crippen LogP contribution is 2.37. The van der Waals surface area contributed by atoms with Crippen LogP contribution >= 0.6 is 15.9 Å². The molecule has 0 aliphatic rings. The molecular weight excluding hydrogens is 442 g/mol. The first kappa shape index (κ1) is 20.0. The van der Waals surface area contributed by atoms with Gasteiger partial charge in [0.2, 0.25) is 0 Å². The van der Waals surface area contributed by atoms with Gasteiger partial charge in [0, 0.05) is 33.9 Å². The highest BCUT2D eigenvalue weighted by Gasteiger charge is 2.19. The first-order valence-electron chi connectivity index (χ1n) is 9.73. The van der Waals surface area contributed by atoms with Crippen LogP contribution in [-0.4, -0.2) is 30.5 Å². The van der Waals surface area contributed by atoms with Crippen LogP contribution in [0.3, 0.4) is 0 Å². The van der Waals surface area contributed by atoms with Crippen LogP contribution < -0.4 is 0 Å². The number of allylic oxidation sites excluding steroid dienone is 1. The van der Waals surface area contributed by atoms with Crippen molar-refractivity contribution in [1.82, 2.24) is 15.0 Å². The Balaban J connectivity index is 1.89. The summed E-state index contributed by atoms with van der Waals surface area (Å²) in [6, 6.07) is 14.7. The van der Waals surface area contributed by atoms with Crippen molar-refractivity contribution >= 4 is 22.0 Å². The zero-order valence-corrected chi connectivity index (χ0v) is 18.1. The molecule has 6 heteroatoms. The fraction of sp³-hybridized carbons (Fsp3) is 0.125. The maximum absolute atomic E-state index is 10.0. The van der Waals surface area contributed by atoms with Crippen LogP contribution in [0.4, 0.5) is 0 Å². The number of hydrogen-bond donors (Lipinski definition) is 4. The molecule has 5 nitrogen and oxygen atoms in total. The third kappa shape index (κ3) is 3.78. The molecule has 0 atom stereocenters. The summed E-state index contributed by atoms with van der Waals surface area (Å²) in [5, 5.41) is 20.5. The number of aromatic amines is 2. The van der Waals surface area contributed by atoms with Crippen molar-refractivity contribution < 1.29 is 10.2 Å².